The second-order valence-electron chi connectivity index (χ2n) is 8.66. The first kappa shape index (κ1) is 25.4. The highest BCUT2D eigenvalue weighted by Crippen LogP contribution is 2.27. The maximum atomic E-state index is 13.7. The number of fused-ring (bicyclic) bond motifs is 1. The molecule has 7 nitrogen and oxygen atoms in total. The van der Waals surface area contributed by atoms with Gasteiger partial charge in [0.1, 0.15) is 11.6 Å². The molecule has 0 bridgehead atoms. The third-order valence-electron chi connectivity index (χ3n) is 5.71. The van der Waals surface area contributed by atoms with Gasteiger partial charge in [0.25, 0.3) is 5.56 Å². The van der Waals surface area contributed by atoms with Crippen molar-refractivity contribution in [3.05, 3.63) is 64.7 Å². The van der Waals surface area contributed by atoms with Crippen molar-refractivity contribution in [1.82, 2.24) is 14.5 Å². The maximum Gasteiger partial charge on any atom is 0.266 e. The smallest absolute Gasteiger partial charge is 0.266 e. The summed E-state index contributed by atoms with van der Waals surface area (Å²) in [5.74, 6) is 1.52. The van der Waals surface area contributed by atoms with Crippen LogP contribution in [0, 0.1) is 5.92 Å². The van der Waals surface area contributed by atoms with Crippen LogP contribution in [-0.2, 0) is 9.53 Å². The Hall–Kier alpha value is -3.19. The molecule has 182 valence electrons. The van der Waals surface area contributed by atoms with Gasteiger partial charge in [-0.3, -0.25) is 14.2 Å². The monoisotopic (exact) mass is 465 g/mol. The Balaban J connectivity index is 2.22. The average Bonchev–Trinajstić information content (AvgIpc) is 2.82. The van der Waals surface area contributed by atoms with Crippen molar-refractivity contribution in [2.24, 2.45) is 5.92 Å². The molecule has 0 saturated carbocycles. The highest BCUT2D eigenvalue weighted by Gasteiger charge is 2.29. The van der Waals surface area contributed by atoms with Gasteiger partial charge in [0.05, 0.1) is 35.8 Å². The molecule has 7 heteroatoms. The second kappa shape index (κ2) is 11.8. The van der Waals surface area contributed by atoms with E-state index in [4.69, 9.17) is 14.5 Å². The average molecular weight is 466 g/mol. The number of amides is 1. The number of carbonyl (C=O) groups excluding carboxylic acids is 1. The van der Waals surface area contributed by atoms with Crippen LogP contribution in [0.3, 0.4) is 0 Å². The zero-order chi connectivity index (χ0) is 24.7. The van der Waals surface area contributed by atoms with Gasteiger partial charge in [-0.05, 0) is 55.7 Å². The van der Waals surface area contributed by atoms with Crippen LogP contribution in [0.5, 0.6) is 5.75 Å². The predicted molar refractivity (Wildman–Crippen MR) is 135 cm³/mol. The van der Waals surface area contributed by atoms with Crippen molar-refractivity contribution in [2.75, 3.05) is 26.9 Å². The van der Waals surface area contributed by atoms with Gasteiger partial charge in [0.15, 0.2) is 0 Å². The summed E-state index contributed by atoms with van der Waals surface area (Å²) in [4.78, 5) is 33.8. The fourth-order valence-electron chi connectivity index (χ4n) is 4.13. The van der Waals surface area contributed by atoms with Gasteiger partial charge in [0, 0.05) is 20.1 Å². The quantitative estimate of drug-likeness (QED) is 0.408. The van der Waals surface area contributed by atoms with Crippen LogP contribution in [0.4, 0.5) is 0 Å². The standard InChI is InChI=1S/C27H35N3O4/c1-6-24(29(16-17-33-5)25(31)18-19(3)4)26-28-23-11-9-8-10-22(23)27(32)30(26)20-12-14-21(15-13-20)34-7-2/h8-15,19,24H,6-7,16-18H2,1-5H3. The molecule has 0 radical (unpaired) electrons. The van der Waals surface area contributed by atoms with Crippen LogP contribution < -0.4 is 10.3 Å². The van der Waals surface area contributed by atoms with E-state index in [0.717, 1.165) is 5.75 Å². The van der Waals surface area contributed by atoms with Gasteiger partial charge >= 0.3 is 0 Å². The molecular weight excluding hydrogens is 430 g/mol. The summed E-state index contributed by atoms with van der Waals surface area (Å²) in [7, 11) is 1.62. The summed E-state index contributed by atoms with van der Waals surface area (Å²) in [6.45, 7) is 9.38. The van der Waals surface area contributed by atoms with Gasteiger partial charge in [-0.1, -0.05) is 32.9 Å². The van der Waals surface area contributed by atoms with Gasteiger partial charge in [0.2, 0.25) is 5.91 Å². The fraction of sp³-hybridized carbons (Fsp3) is 0.444. The Kier molecular flexibility index (Phi) is 8.82. The van der Waals surface area contributed by atoms with E-state index in [2.05, 4.69) is 0 Å². The molecule has 1 heterocycles. The molecule has 3 rings (SSSR count). The minimum absolute atomic E-state index is 0.0274. The molecule has 1 amide bonds. The molecule has 1 aromatic heterocycles. The van der Waals surface area contributed by atoms with E-state index >= 15 is 0 Å². The number of hydrogen-bond acceptors (Lipinski definition) is 5. The lowest BCUT2D eigenvalue weighted by molar-refractivity contribution is -0.135. The van der Waals surface area contributed by atoms with Crippen LogP contribution in [0.1, 0.15) is 52.4 Å². The van der Waals surface area contributed by atoms with E-state index < -0.39 is 0 Å². The molecule has 0 N–H and O–H groups in total. The van der Waals surface area contributed by atoms with Crippen molar-refractivity contribution >= 4 is 16.8 Å². The third kappa shape index (κ3) is 5.65. The summed E-state index contributed by atoms with van der Waals surface area (Å²) in [6.07, 6.45) is 1.02. The van der Waals surface area contributed by atoms with Gasteiger partial charge < -0.3 is 14.4 Å². The van der Waals surface area contributed by atoms with Crippen LogP contribution in [0.25, 0.3) is 16.6 Å². The largest absolute Gasteiger partial charge is 0.494 e. The Morgan fingerprint density at radius 3 is 2.41 bits per heavy atom. The van der Waals surface area contributed by atoms with E-state index in [1.807, 2.05) is 75.1 Å². The number of hydrogen-bond donors (Lipinski definition) is 0. The van der Waals surface area contributed by atoms with Gasteiger partial charge in [-0.25, -0.2) is 4.98 Å². The van der Waals surface area contributed by atoms with Gasteiger partial charge in [-0.2, -0.15) is 0 Å². The molecule has 1 atom stereocenters. The molecule has 0 saturated heterocycles. The van der Waals surface area contributed by atoms with E-state index in [0.29, 0.717) is 55.0 Å². The lowest BCUT2D eigenvalue weighted by atomic mass is 10.1. The second-order valence-corrected chi connectivity index (χ2v) is 8.66. The molecule has 0 aliphatic heterocycles. The number of carbonyl (C=O) groups is 1. The number of para-hydroxylation sites is 1. The number of aromatic nitrogens is 2. The number of ether oxygens (including phenoxy) is 2. The van der Waals surface area contributed by atoms with Crippen LogP contribution in [0.2, 0.25) is 0 Å². The summed E-state index contributed by atoms with van der Waals surface area (Å²) in [5.41, 5.74) is 1.14. The number of methoxy groups -OCH3 is 1. The topological polar surface area (TPSA) is 73.7 Å². The Labute approximate surface area is 201 Å². The molecular formula is C27H35N3O4. The molecule has 0 aliphatic rings. The first-order valence-electron chi connectivity index (χ1n) is 11.9. The SMILES string of the molecule is CCOc1ccc(-n2c(C(CC)N(CCOC)C(=O)CC(C)C)nc3ccccc3c2=O)cc1. The lowest BCUT2D eigenvalue weighted by Gasteiger charge is -2.32. The minimum atomic E-state index is -0.384. The molecule has 0 fully saturated rings. The van der Waals surface area contributed by atoms with Crippen molar-refractivity contribution in [1.29, 1.82) is 0 Å². The molecule has 2 aromatic carbocycles. The number of benzene rings is 2. The van der Waals surface area contributed by atoms with Crippen molar-refractivity contribution < 1.29 is 14.3 Å². The summed E-state index contributed by atoms with van der Waals surface area (Å²) in [5, 5.41) is 0.534. The minimum Gasteiger partial charge on any atom is -0.494 e. The molecule has 1 unspecified atom stereocenters. The highest BCUT2D eigenvalue weighted by atomic mass is 16.5. The van der Waals surface area contributed by atoms with E-state index in [1.165, 1.54) is 0 Å². The Morgan fingerprint density at radius 2 is 1.79 bits per heavy atom. The van der Waals surface area contributed by atoms with E-state index in [-0.39, 0.29) is 23.4 Å². The summed E-state index contributed by atoms with van der Waals surface area (Å²) in [6, 6.07) is 14.3. The van der Waals surface area contributed by atoms with Crippen LogP contribution in [0.15, 0.2) is 53.3 Å². The predicted octanol–water partition coefficient (Wildman–Crippen LogP) is 4.76. The van der Waals surface area contributed by atoms with E-state index in [9.17, 15) is 9.59 Å². The van der Waals surface area contributed by atoms with Crippen LogP contribution in [-0.4, -0.2) is 47.2 Å². The first-order chi connectivity index (χ1) is 16.4. The number of rotatable bonds is 11. The molecule has 3 aromatic rings. The zero-order valence-corrected chi connectivity index (χ0v) is 20.8. The normalized spacial score (nSPS) is 12.2. The fourth-order valence-corrected chi connectivity index (χ4v) is 4.13. The van der Waals surface area contributed by atoms with Crippen molar-refractivity contribution in [3.8, 4) is 11.4 Å². The summed E-state index contributed by atoms with van der Waals surface area (Å²) >= 11 is 0. The zero-order valence-electron chi connectivity index (χ0n) is 20.8. The third-order valence-corrected chi connectivity index (χ3v) is 5.71. The van der Waals surface area contributed by atoms with Crippen molar-refractivity contribution in [3.63, 3.8) is 0 Å². The number of nitrogens with zero attached hydrogens (tertiary/aromatic N) is 3. The highest BCUT2D eigenvalue weighted by molar-refractivity contribution is 5.79. The Morgan fingerprint density at radius 1 is 1.09 bits per heavy atom. The van der Waals surface area contributed by atoms with Crippen molar-refractivity contribution in [2.45, 2.75) is 46.6 Å². The molecule has 34 heavy (non-hydrogen) atoms. The lowest BCUT2D eigenvalue weighted by Crippen LogP contribution is -2.40. The Bertz CT molecular complexity index is 1150. The first-order valence-corrected chi connectivity index (χ1v) is 11.9. The molecule has 0 spiro atoms. The van der Waals surface area contributed by atoms with E-state index in [1.54, 1.807) is 17.7 Å². The molecule has 0 aliphatic carbocycles. The maximum absolute atomic E-state index is 13.7. The van der Waals surface area contributed by atoms with Crippen LogP contribution >= 0.6 is 0 Å². The van der Waals surface area contributed by atoms with Gasteiger partial charge in [-0.15, -0.1) is 0 Å². The summed E-state index contributed by atoms with van der Waals surface area (Å²) < 4.78 is 12.5.